The number of carbonyl (C=O) groups excluding carboxylic acids is 1. The molecular weight excluding hydrogens is 402 g/mol. The van der Waals surface area contributed by atoms with Gasteiger partial charge in [0.05, 0.1) is 18.3 Å². The maximum absolute atomic E-state index is 12.8. The Morgan fingerprint density at radius 2 is 1.84 bits per heavy atom. The number of benzene rings is 2. The lowest BCUT2D eigenvalue weighted by Crippen LogP contribution is -2.48. The summed E-state index contributed by atoms with van der Waals surface area (Å²) in [5.74, 6) is 0.684. The predicted molar refractivity (Wildman–Crippen MR) is 130 cm³/mol. The minimum Gasteiger partial charge on any atom is -0.492 e. The zero-order chi connectivity index (χ0) is 22.5. The van der Waals surface area contributed by atoms with Crippen LogP contribution in [0.1, 0.15) is 24.1 Å². The number of para-hydroxylation sites is 2. The minimum atomic E-state index is -0.211. The van der Waals surface area contributed by atoms with E-state index in [4.69, 9.17) is 4.74 Å². The topological polar surface area (TPSA) is 60.1 Å². The Hall–Kier alpha value is -2.77. The molecule has 2 aliphatic rings. The molecule has 2 amide bonds. The second-order valence-electron chi connectivity index (χ2n) is 8.68. The Bertz CT molecular complexity index is 926. The first kappa shape index (κ1) is 22.4. The molecule has 0 unspecified atom stereocenters. The standard InChI is InChI=1S/C25H35N5O2/c1-4-32-24-8-6-5-7-21(24)27-25(31)26-18-23(30-15-13-28(2)14-16-30)19-9-10-22-20(17-19)11-12-29(22)3/h5-10,17,23H,4,11-16,18H2,1-3H3,(H2,26,27,31)/t23-/m1/s1. The molecule has 172 valence electrons. The molecule has 2 aromatic carbocycles. The van der Waals surface area contributed by atoms with Crippen LogP contribution in [0.15, 0.2) is 42.5 Å². The highest BCUT2D eigenvalue weighted by Gasteiger charge is 2.26. The molecule has 0 saturated carbocycles. The lowest BCUT2D eigenvalue weighted by atomic mass is 10.00. The van der Waals surface area contributed by atoms with Crippen LogP contribution >= 0.6 is 0 Å². The Labute approximate surface area is 191 Å². The van der Waals surface area contributed by atoms with Crippen LogP contribution in [-0.2, 0) is 6.42 Å². The number of amides is 2. The molecule has 2 heterocycles. The van der Waals surface area contributed by atoms with Crippen molar-refractivity contribution in [2.45, 2.75) is 19.4 Å². The maximum Gasteiger partial charge on any atom is 0.319 e. The van der Waals surface area contributed by atoms with Gasteiger partial charge in [0.1, 0.15) is 5.75 Å². The number of piperazine rings is 1. The van der Waals surface area contributed by atoms with Gasteiger partial charge in [-0.2, -0.15) is 0 Å². The number of nitrogens with one attached hydrogen (secondary N) is 2. The molecule has 0 radical (unpaired) electrons. The quantitative estimate of drug-likeness (QED) is 0.697. The van der Waals surface area contributed by atoms with E-state index in [0.717, 1.165) is 39.1 Å². The van der Waals surface area contributed by atoms with Gasteiger partial charge in [-0.1, -0.05) is 24.3 Å². The highest BCUT2D eigenvalue weighted by molar-refractivity contribution is 5.90. The van der Waals surface area contributed by atoms with Crippen LogP contribution in [0.3, 0.4) is 0 Å². The lowest BCUT2D eigenvalue weighted by Gasteiger charge is -2.38. The van der Waals surface area contributed by atoms with Crippen molar-refractivity contribution in [3.63, 3.8) is 0 Å². The Morgan fingerprint density at radius 3 is 2.62 bits per heavy atom. The third-order valence-electron chi connectivity index (χ3n) is 6.49. The summed E-state index contributed by atoms with van der Waals surface area (Å²) in [5.41, 5.74) is 4.69. The Morgan fingerprint density at radius 1 is 1.06 bits per heavy atom. The van der Waals surface area contributed by atoms with E-state index in [2.05, 4.69) is 57.6 Å². The second-order valence-corrected chi connectivity index (χ2v) is 8.68. The first-order valence-electron chi connectivity index (χ1n) is 11.6. The van der Waals surface area contributed by atoms with Gasteiger partial charge in [-0.05, 0) is 49.7 Å². The molecule has 2 N–H and O–H groups in total. The predicted octanol–water partition coefficient (Wildman–Crippen LogP) is 3.19. The van der Waals surface area contributed by atoms with Gasteiger partial charge in [0.2, 0.25) is 0 Å². The van der Waals surface area contributed by atoms with Gasteiger partial charge in [-0.3, -0.25) is 4.90 Å². The van der Waals surface area contributed by atoms with E-state index in [1.54, 1.807) is 0 Å². The third kappa shape index (κ3) is 5.16. The van der Waals surface area contributed by atoms with Crippen LogP contribution in [0.2, 0.25) is 0 Å². The number of urea groups is 1. The fourth-order valence-electron chi connectivity index (χ4n) is 4.59. The monoisotopic (exact) mass is 437 g/mol. The van der Waals surface area contributed by atoms with Gasteiger partial charge >= 0.3 is 6.03 Å². The first-order valence-corrected chi connectivity index (χ1v) is 11.6. The molecule has 2 aromatic rings. The van der Waals surface area contributed by atoms with Gasteiger partial charge in [0.15, 0.2) is 0 Å². The summed E-state index contributed by atoms with van der Waals surface area (Å²) in [7, 11) is 4.31. The lowest BCUT2D eigenvalue weighted by molar-refractivity contribution is 0.111. The summed E-state index contributed by atoms with van der Waals surface area (Å²) in [6, 6.07) is 14.3. The van der Waals surface area contributed by atoms with Crippen molar-refractivity contribution >= 4 is 17.4 Å². The van der Waals surface area contributed by atoms with E-state index in [9.17, 15) is 4.79 Å². The maximum atomic E-state index is 12.8. The largest absolute Gasteiger partial charge is 0.492 e. The van der Waals surface area contributed by atoms with Crippen molar-refractivity contribution in [3.8, 4) is 5.75 Å². The summed E-state index contributed by atoms with van der Waals surface area (Å²) < 4.78 is 5.63. The van der Waals surface area contributed by atoms with Crippen molar-refractivity contribution in [3.05, 3.63) is 53.6 Å². The molecule has 1 saturated heterocycles. The van der Waals surface area contributed by atoms with Gasteiger partial charge < -0.3 is 25.2 Å². The van der Waals surface area contributed by atoms with Crippen LogP contribution in [0.25, 0.3) is 0 Å². The summed E-state index contributed by atoms with van der Waals surface area (Å²) in [5, 5.41) is 6.06. The van der Waals surface area contributed by atoms with E-state index in [1.165, 1.54) is 16.8 Å². The second kappa shape index (κ2) is 10.2. The van der Waals surface area contributed by atoms with Crippen molar-refractivity contribution in [2.75, 3.05) is 70.2 Å². The zero-order valence-electron chi connectivity index (χ0n) is 19.4. The number of likely N-dealkylation sites (N-methyl/N-ethyl adjacent to an activating group) is 2. The van der Waals surface area contributed by atoms with Crippen molar-refractivity contribution in [1.29, 1.82) is 0 Å². The number of hydrogen-bond donors (Lipinski definition) is 2. The number of rotatable bonds is 7. The number of hydrogen-bond acceptors (Lipinski definition) is 5. The van der Waals surface area contributed by atoms with Crippen LogP contribution in [0, 0.1) is 0 Å². The van der Waals surface area contributed by atoms with E-state index < -0.39 is 0 Å². The number of carbonyl (C=O) groups is 1. The summed E-state index contributed by atoms with van der Waals surface area (Å²) in [4.78, 5) is 19.9. The summed E-state index contributed by atoms with van der Waals surface area (Å²) in [6.45, 7) is 8.18. The van der Waals surface area contributed by atoms with E-state index in [0.29, 0.717) is 24.6 Å². The molecular formula is C25H35N5O2. The number of ether oxygens (including phenoxy) is 1. The fraction of sp³-hybridized carbons (Fsp3) is 0.480. The van der Waals surface area contributed by atoms with Crippen molar-refractivity contribution < 1.29 is 9.53 Å². The number of nitrogens with zero attached hydrogens (tertiary/aromatic N) is 3. The van der Waals surface area contributed by atoms with E-state index in [1.807, 2.05) is 31.2 Å². The van der Waals surface area contributed by atoms with Gasteiger partial charge in [0.25, 0.3) is 0 Å². The zero-order valence-corrected chi connectivity index (χ0v) is 19.4. The van der Waals surface area contributed by atoms with Gasteiger partial charge in [0, 0.05) is 52.0 Å². The molecule has 2 aliphatic heterocycles. The van der Waals surface area contributed by atoms with E-state index in [-0.39, 0.29) is 12.1 Å². The number of anilines is 2. The van der Waals surface area contributed by atoms with Crippen molar-refractivity contribution in [2.24, 2.45) is 0 Å². The molecule has 0 aliphatic carbocycles. The summed E-state index contributed by atoms with van der Waals surface area (Å²) >= 11 is 0. The molecule has 1 fully saturated rings. The molecule has 7 nitrogen and oxygen atoms in total. The number of fused-ring (bicyclic) bond motifs is 1. The Kier molecular flexibility index (Phi) is 7.17. The van der Waals surface area contributed by atoms with Gasteiger partial charge in [-0.25, -0.2) is 4.79 Å². The third-order valence-corrected chi connectivity index (χ3v) is 6.49. The molecule has 0 spiro atoms. The molecule has 0 bridgehead atoms. The first-order chi connectivity index (χ1) is 15.5. The van der Waals surface area contributed by atoms with Gasteiger partial charge in [-0.15, -0.1) is 0 Å². The SMILES string of the molecule is CCOc1ccccc1NC(=O)NC[C@H](c1ccc2c(c1)CCN2C)N1CCN(C)CC1. The highest BCUT2D eigenvalue weighted by atomic mass is 16.5. The van der Waals surface area contributed by atoms with Crippen LogP contribution in [0.5, 0.6) is 5.75 Å². The molecule has 1 atom stereocenters. The van der Waals surface area contributed by atoms with Crippen LogP contribution in [0.4, 0.5) is 16.2 Å². The molecule has 7 heteroatoms. The average Bonchev–Trinajstić information content (AvgIpc) is 3.17. The average molecular weight is 438 g/mol. The molecule has 32 heavy (non-hydrogen) atoms. The highest BCUT2D eigenvalue weighted by Crippen LogP contribution is 2.31. The van der Waals surface area contributed by atoms with E-state index >= 15 is 0 Å². The molecule has 0 aromatic heterocycles. The Balaban J connectivity index is 1.47. The van der Waals surface area contributed by atoms with Crippen LogP contribution < -0.4 is 20.3 Å². The van der Waals surface area contributed by atoms with Crippen molar-refractivity contribution in [1.82, 2.24) is 15.1 Å². The summed E-state index contributed by atoms with van der Waals surface area (Å²) in [6.07, 6.45) is 1.08. The van der Waals surface area contributed by atoms with Crippen LogP contribution in [-0.4, -0.2) is 75.8 Å². The molecule has 4 rings (SSSR count). The smallest absolute Gasteiger partial charge is 0.319 e. The fourth-order valence-corrected chi connectivity index (χ4v) is 4.59. The normalized spacial score (nSPS) is 17.7. The minimum absolute atomic E-state index is 0.146.